The molecule has 5 aliphatic rings. The third-order valence-electron chi connectivity index (χ3n) is 13.6. The predicted molar refractivity (Wildman–Crippen MR) is 140 cm³/mol. The fourth-order valence-electron chi connectivity index (χ4n) is 10.7. The van der Waals surface area contributed by atoms with Gasteiger partial charge in [-0.05, 0) is 97.7 Å². The average Bonchev–Trinajstić information content (AvgIpc) is 2.79. The molecule has 4 fully saturated rings. The van der Waals surface area contributed by atoms with E-state index in [0.29, 0.717) is 18.8 Å². The normalized spacial score (nSPS) is 56.5. The molecule has 36 heavy (non-hydrogen) atoms. The molecule has 5 heteroatoms. The number of aliphatic hydroxyl groups excluding tert-OH is 3. The third kappa shape index (κ3) is 2.91. The van der Waals surface area contributed by atoms with E-state index in [-0.39, 0.29) is 40.1 Å². The largest absolute Gasteiger partial charge is 0.481 e. The van der Waals surface area contributed by atoms with E-state index >= 15 is 0 Å². The van der Waals surface area contributed by atoms with Crippen LogP contribution < -0.4 is 0 Å². The first-order valence-electron chi connectivity index (χ1n) is 14.1. The molecule has 4 saturated carbocycles. The van der Waals surface area contributed by atoms with E-state index in [1.165, 1.54) is 5.57 Å². The molecular weight excluding hydrogens is 452 g/mol. The number of hydrogen-bond donors (Lipinski definition) is 4. The summed E-state index contributed by atoms with van der Waals surface area (Å²) in [4.78, 5) is 12.4. The molecule has 0 aliphatic heterocycles. The minimum atomic E-state index is -1.16. The van der Waals surface area contributed by atoms with Crippen molar-refractivity contribution in [2.45, 2.75) is 105 Å². The summed E-state index contributed by atoms with van der Waals surface area (Å²) >= 11 is 0. The quantitative estimate of drug-likeness (QED) is 0.384. The lowest BCUT2D eigenvalue weighted by atomic mass is 9.33. The molecule has 5 nitrogen and oxygen atoms in total. The number of hydrogen-bond acceptors (Lipinski definition) is 4. The van der Waals surface area contributed by atoms with Gasteiger partial charge >= 0.3 is 5.97 Å². The topological polar surface area (TPSA) is 98.0 Å². The van der Waals surface area contributed by atoms with Crippen LogP contribution in [0.15, 0.2) is 23.8 Å². The maximum Gasteiger partial charge on any atom is 0.312 e. The van der Waals surface area contributed by atoms with Crippen molar-refractivity contribution in [1.29, 1.82) is 0 Å². The number of aliphatic carboxylic acids is 1. The Morgan fingerprint density at radius 1 is 1.00 bits per heavy atom. The van der Waals surface area contributed by atoms with E-state index in [1.54, 1.807) is 6.92 Å². The van der Waals surface area contributed by atoms with Gasteiger partial charge < -0.3 is 20.4 Å². The van der Waals surface area contributed by atoms with Crippen LogP contribution in [0.5, 0.6) is 0 Å². The summed E-state index contributed by atoms with van der Waals surface area (Å²) in [6.45, 7) is 17.9. The Bertz CT molecular complexity index is 1020. The number of allylic oxidation sites excluding steroid dienone is 3. The molecule has 0 radical (unpaired) electrons. The molecule has 0 heterocycles. The second-order valence-electron chi connectivity index (χ2n) is 14.9. The summed E-state index contributed by atoms with van der Waals surface area (Å²) in [7, 11) is 0. The fourth-order valence-corrected chi connectivity index (χ4v) is 10.7. The monoisotopic (exact) mass is 500 g/mol. The number of fused-ring (bicyclic) bond motifs is 7. The molecule has 0 aromatic heterocycles. The Labute approximate surface area is 217 Å². The van der Waals surface area contributed by atoms with E-state index < -0.39 is 29.0 Å². The van der Waals surface area contributed by atoms with Gasteiger partial charge in [0, 0.05) is 5.41 Å². The zero-order chi connectivity index (χ0) is 26.7. The SMILES string of the molecule is C=C1C[C@]2(C)C(=CC[C@@H]3[C@]4(C)CC[C@@H](O)[C@](C)(CO)[C@H]4CC[C@]32C)[C@H]2C[C@@](C)(C(=O)O)[C@H](O)C[C@]12C. The average molecular weight is 501 g/mol. The summed E-state index contributed by atoms with van der Waals surface area (Å²) in [5.41, 5.74) is 0.540. The molecule has 202 valence electrons. The second kappa shape index (κ2) is 7.70. The van der Waals surface area contributed by atoms with E-state index in [9.17, 15) is 25.2 Å². The van der Waals surface area contributed by atoms with Crippen LogP contribution in [0.2, 0.25) is 0 Å². The van der Waals surface area contributed by atoms with Crippen molar-refractivity contribution < 1.29 is 25.2 Å². The second-order valence-corrected chi connectivity index (χ2v) is 14.9. The fraction of sp³-hybridized carbons (Fsp3) is 0.839. The Morgan fingerprint density at radius 3 is 2.28 bits per heavy atom. The number of carbonyl (C=O) groups is 1. The molecular formula is C31H48O5. The number of carboxylic acids is 1. The highest BCUT2D eigenvalue weighted by Gasteiger charge is 2.69. The molecule has 0 bridgehead atoms. The first-order chi connectivity index (χ1) is 16.5. The predicted octanol–water partition coefficient (Wildman–Crippen LogP) is 5.34. The molecule has 0 unspecified atom stereocenters. The van der Waals surface area contributed by atoms with Crippen LogP contribution in [0.1, 0.15) is 92.9 Å². The lowest BCUT2D eigenvalue weighted by Crippen LogP contribution is -2.66. The minimum absolute atomic E-state index is 0.0148. The van der Waals surface area contributed by atoms with Gasteiger partial charge in [-0.15, -0.1) is 0 Å². The molecule has 11 atom stereocenters. The van der Waals surface area contributed by atoms with Crippen molar-refractivity contribution in [2.24, 2.45) is 50.2 Å². The Morgan fingerprint density at radius 2 is 1.67 bits per heavy atom. The van der Waals surface area contributed by atoms with Gasteiger partial charge in [0.25, 0.3) is 0 Å². The zero-order valence-corrected chi connectivity index (χ0v) is 23.2. The van der Waals surface area contributed by atoms with Gasteiger partial charge in [-0.25, -0.2) is 0 Å². The highest BCUT2D eigenvalue weighted by atomic mass is 16.4. The lowest BCUT2D eigenvalue weighted by Gasteiger charge is -2.71. The van der Waals surface area contributed by atoms with E-state index in [4.69, 9.17) is 0 Å². The standard InChI is InChI=1S/C31H48O5/c1-18-14-31(7)19(20-15-28(4,25(35)36)24(34)16-27(18,20)3)8-9-22-26(2)12-11-23(33)29(5,17-32)21(26)10-13-30(22,31)6/h8,20-24,32-34H,1,9-17H2,2-7H3,(H,35,36)/t20-,21+,22-,23-,24-,26-,27-,28-,29-,30-,31-/m1/s1. The molecule has 0 aromatic rings. The van der Waals surface area contributed by atoms with Crippen LogP contribution in [-0.4, -0.2) is 45.2 Å². The molecule has 5 rings (SSSR count). The van der Waals surface area contributed by atoms with Gasteiger partial charge in [0.05, 0.1) is 24.2 Å². The highest BCUT2D eigenvalue weighted by molar-refractivity contribution is 5.75. The summed E-state index contributed by atoms with van der Waals surface area (Å²) in [5, 5.41) is 42.5. The van der Waals surface area contributed by atoms with Crippen LogP contribution in [0.3, 0.4) is 0 Å². The van der Waals surface area contributed by atoms with E-state index in [0.717, 1.165) is 44.1 Å². The number of carboxylic acid groups (broad SMARTS) is 1. The first-order valence-corrected chi connectivity index (χ1v) is 14.1. The molecule has 0 aromatic carbocycles. The summed E-state index contributed by atoms with van der Waals surface area (Å²) < 4.78 is 0. The van der Waals surface area contributed by atoms with Crippen molar-refractivity contribution in [3.8, 4) is 0 Å². The molecule has 0 saturated heterocycles. The van der Waals surface area contributed by atoms with Crippen molar-refractivity contribution >= 4 is 5.97 Å². The van der Waals surface area contributed by atoms with Gasteiger partial charge in [0.2, 0.25) is 0 Å². The third-order valence-corrected chi connectivity index (χ3v) is 13.6. The van der Waals surface area contributed by atoms with Crippen molar-refractivity contribution in [3.05, 3.63) is 23.8 Å². The Balaban J connectivity index is 1.61. The van der Waals surface area contributed by atoms with Gasteiger partial charge in [-0.3, -0.25) is 4.79 Å². The van der Waals surface area contributed by atoms with Crippen molar-refractivity contribution in [1.82, 2.24) is 0 Å². The van der Waals surface area contributed by atoms with Crippen LogP contribution in [-0.2, 0) is 4.79 Å². The molecule has 5 aliphatic carbocycles. The summed E-state index contributed by atoms with van der Waals surface area (Å²) in [6, 6.07) is 0. The summed E-state index contributed by atoms with van der Waals surface area (Å²) in [5.74, 6) is -0.152. The number of rotatable bonds is 2. The molecule has 0 amide bonds. The van der Waals surface area contributed by atoms with Crippen LogP contribution in [0.4, 0.5) is 0 Å². The summed E-state index contributed by atoms with van der Waals surface area (Å²) in [6.07, 6.45) is 7.53. The van der Waals surface area contributed by atoms with Gasteiger partial charge in [0.15, 0.2) is 0 Å². The van der Waals surface area contributed by atoms with Crippen LogP contribution >= 0.6 is 0 Å². The molecule has 4 N–H and O–H groups in total. The minimum Gasteiger partial charge on any atom is -0.481 e. The Kier molecular flexibility index (Phi) is 5.65. The van der Waals surface area contributed by atoms with E-state index in [2.05, 4.69) is 47.3 Å². The van der Waals surface area contributed by atoms with Crippen molar-refractivity contribution in [3.63, 3.8) is 0 Å². The first kappa shape index (κ1) is 26.4. The van der Waals surface area contributed by atoms with Gasteiger partial charge in [-0.2, -0.15) is 0 Å². The van der Waals surface area contributed by atoms with Gasteiger partial charge in [0.1, 0.15) is 0 Å². The number of aliphatic hydroxyl groups is 3. The zero-order valence-electron chi connectivity index (χ0n) is 23.2. The maximum absolute atomic E-state index is 12.4. The Hall–Kier alpha value is -1.17. The highest BCUT2D eigenvalue weighted by Crippen LogP contribution is 2.76. The smallest absolute Gasteiger partial charge is 0.312 e. The van der Waals surface area contributed by atoms with E-state index in [1.807, 2.05) is 0 Å². The van der Waals surface area contributed by atoms with Crippen molar-refractivity contribution in [2.75, 3.05) is 6.61 Å². The lowest BCUT2D eigenvalue weighted by molar-refractivity contribution is -0.213. The van der Waals surface area contributed by atoms with Crippen LogP contribution in [0.25, 0.3) is 0 Å². The van der Waals surface area contributed by atoms with Crippen LogP contribution in [0, 0.1) is 50.2 Å². The maximum atomic E-state index is 12.4. The molecule has 0 spiro atoms. The van der Waals surface area contributed by atoms with Gasteiger partial charge in [-0.1, -0.05) is 58.4 Å².